The van der Waals surface area contributed by atoms with Gasteiger partial charge in [-0.25, -0.2) is 5.10 Å². The standard InChI is InChI=1S/C13H12Cl2N4O2/c1-7(8-2-4-16-5-3-8)17-10(20)6-9-11(14)12(15)13(21)19-18-9/h2-5,7H,6H2,1H3,(H,17,20)(H,19,21)/t7-/m1/s1. The van der Waals surface area contributed by atoms with E-state index in [-0.39, 0.29) is 34.1 Å². The van der Waals surface area contributed by atoms with Crippen molar-refractivity contribution >= 4 is 29.1 Å². The quantitative estimate of drug-likeness (QED) is 0.898. The molecule has 2 aromatic rings. The number of carbonyl (C=O) groups excluding carboxylic acids is 1. The fraction of sp³-hybridized carbons (Fsp3) is 0.231. The van der Waals surface area contributed by atoms with Crippen LogP contribution in [0.4, 0.5) is 0 Å². The van der Waals surface area contributed by atoms with Gasteiger partial charge in [0.05, 0.1) is 23.2 Å². The zero-order valence-electron chi connectivity index (χ0n) is 11.1. The van der Waals surface area contributed by atoms with Gasteiger partial charge in [0.1, 0.15) is 5.02 Å². The van der Waals surface area contributed by atoms with E-state index in [0.717, 1.165) is 5.56 Å². The van der Waals surface area contributed by atoms with E-state index in [2.05, 4.69) is 20.5 Å². The summed E-state index contributed by atoms with van der Waals surface area (Å²) >= 11 is 11.6. The van der Waals surface area contributed by atoms with Gasteiger partial charge in [-0.1, -0.05) is 23.2 Å². The van der Waals surface area contributed by atoms with Gasteiger partial charge in [0.25, 0.3) is 5.56 Å². The number of aromatic nitrogens is 3. The predicted octanol–water partition coefficient (Wildman–Crippen LogP) is 1.89. The Kier molecular flexibility index (Phi) is 4.93. The lowest BCUT2D eigenvalue weighted by Gasteiger charge is -2.14. The highest BCUT2D eigenvalue weighted by Crippen LogP contribution is 2.20. The van der Waals surface area contributed by atoms with Crippen LogP contribution in [0.25, 0.3) is 0 Å². The Hall–Kier alpha value is -1.92. The first kappa shape index (κ1) is 15.5. The van der Waals surface area contributed by atoms with Crippen LogP contribution in [0.2, 0.25) is 10.0 Å². The maximum atomic E-state index is 12.0. The molecule has 2 heterocycles. The van der Waals surface area contributed by atoms with Crippen molar-refractivity contribution in [3.8, 4) is 0 Å². The lowest BCUT2D eigenvalue weighted by Crippen LogP contribution is -2.29. The number of pyridine rings is 1. The number of H-pyrrole nitrogens is 1. The summed E-state index contributed by atoms with van der Waals surface area (Å²) < 4.78 is 0. The maximum absolute atomic E-state index is 12.0. The van der Waals surface area contributed by atoms with Crippen molar-refractivity contribution in [3.05, 3.63) is 56.2 Å². The molecule has 0 aliphatic heterocycles. The Labute approximate surface area is 130 Å². The van der Waals surface area contributed by atoms with Gasteiger partial charge in [-0.2, -0.15) is 5.10 Å². The zero-order valence-corrected chi connectivity index (χ0v) is 12.6. The maximum Gasteiger partial charge on any atom is 0.284 e. The van der Waals surface area contributed by atoms with Crippen LogP contribution in [-0.2, 0) is 11.2 Å². The highest BCUT2D eigenvalue weighted by Gasteiger charge is 2.15. The lowest BCUT2D eigenvalue weighted by atomic mass is 10.1. The Morgan fingerprint density at radius 3 is 2.67 bits per heavy atom. The number of hydrogen-bond acceptors (Lipinski definition) is 4. The molecule has 0 bridgehead atoms. The van der Waals surface area contributed by atoms with Gasteiger partial charge in [0, 0.05) is 12.4 Å². The Bertz CT molecular complexity index is 703. The minimum absolute atomic E-state index is 0.00729. The van der Waals surface area contributed by atoms with Crippen molar-refractivity contribution in [2.45, 2.75) is 19.4 Å². The van der Waals surface area contributed by atoms with E-state index >= 15 is 0 Å². The molecule has 1 atom stereocenters. The van der Waals surface area contributed by atoms with Crippen LogP contribution in [0.15, 0.2) is 29.3 Å². The number of aromatic amines is 1. The first-order valence-electron chi connectivity index (χ1n) is 6.11. The smallest absolute Gasteiger partial charge is 0.284 e. The van der Waals surface area contributed by atoms with Gasteiger partial charge in [-0.15, -0.1) is 0 Å². The molecule has 2 aromatic heterocycles. The molecule has 110 valence electrons. The molecule has 0 fully saturated rings. The Morgan fingerprint density at radius 2 is 2.00 bits per heavy atom. The minimum Gasteiger partial charge on any atom is -0.349 e. The molecule has 0 aliphatic carbocycles. The topological polar surface area (TPSA) is 87.7 Å². The minimum atomic E-state index is -0.587. The number of halogens is 2. The van der Waals surface area contributed by atoms with Crippen molar-refractivity contribution < 1.29 is 4.79 Å². The molecule has 0 saturated heterocycles. The molecule has 1 amide bonds. The van der Waals surface area contributed by atoms with Gasteiger partial charge >= 0.3 is 0 Å². The number of nitrogens with one attached hydrogen (secondary N) is 2. The average molecular weight is 327 g/mol. The fourth-order valence-corrected chi connectivity index (χ4v) is 2.09. The predicted molar refractivity (Wildman–Crippen MR) is 79.4 cm³/mol. The molecule has 0 aromatic carbocycles. The third-order valence-electron chi connectivity index (χ3n) is 2.85. The summed E-state index contributed by atoms with van der Waals surface area (Å²) in [4.78, 5) is 27.1. The number of nitrogens with zero attached hydrogens (tertiary/aromatic N) is 2. The van der Waals surface area contributed by atoms with Crippen LogP contribution in [0.3, 0.4) is 0 Å². The number of hydrogen-bond donors (Lipinski definition) is 2. The highest BCUT2D eigenvalue weighted by atomic mass is 35.5. The highest BCUT2D eigenvalue weighted by molar-refractivity contribution is 6.42. The fourth-order valence-electron chi connectivity index (χ4n) is 1.74. The molecule has 0 aliphatic rings. The van der Waals surface area contributed by atoms with Crippen LogP contribution in [0.1, 0.15) is 24.2 Å². The first-order chi connectivity index (χ1) is 9.99. The van der Waals surface area contributed by atoms with Crippen LogP contribution < -0.4 is 10.9 Å². The van der Waals surface area contributed by atoms with Gasteiger partial charge in [-0.3, -0.25) is 14.6 Å². The largest absolute Gasteiger partial charge is 0.349 e. The number of rotatable bonds is 4. The molecule has 8 heteroatoms. The molecule has 0 radical (unpaired) electrons. The van der Waals surface area contributed by atoms with Gasteiger partial charge in [-0.05, 0) is 24.6 Å². The molecule has 2 N–H and O–H groups in total. The molecular weight excluding hydrogens is 315 g/mol. The van der Waals surface area contributed by atoms with Crippen molar-refractivity contribution in [3.63, 3.8) is 0 Å². The van der Waals surface area contributed by atoms with Crippen molar-refractivity contribution in [2.75, 3.05) is 0 Å². The van der Waals surface area contributed by atoms with Gasteiger partial charge in [0.2, 0.25) is 5.91 Å². The molecule has 2 rings (SSSR count). The monoisotopic (exact) mass is 326 g/mol. The van der Waals surface area contributed by atoms with E-state index in [9.17, 15) is 9.59 Å². The van der Waals surface area contributed by atoms with E-state index in [1.54, 1.807) is 12.4 Å². The molecule has 6 nitrogen and oxygen atoms in total. The van der Waals surface area contributed by atoms with Crippen molar-refractivity contribution in [2.24, 2.45) is 0 Å². The number of amides is 1. The third kappa shape index (κ3) is 3.80. The van der Waals surface area contributed by atoms with E-state index in [0.29, 0.717) is 0 Å². The summed E-state index contributed by atoms with van der Waals surface area (Å²) in [6.45, 7) is 1.85. The molecular formula is C13H12Cl2N4O2. The summed E-state index contributed by atoms with van der Waals surface area (Å²) in [5, 5.41) is 8.55. The Morgan fingerprint density at radius 1 is 1.33 bits per heavy atom. The molecule has 0 spiro atoms. The SMILES string of the molecule is C[C@@H](NC(=O)Cc1n[nH]c(=O)c(Cl)c1Cl)c1ccncc1. The molecule has 0 unspecified atom stereocenters. The zero-order chi connectivity index (χ0) is 15.4. The normalized spacial score (nSPS) is 12.0. The van der Waals surface area contributed by atoms with E-state index in [1.165, 1.54) is 0 Å². The number of carbonyl (C=O) groups is 1. The first-order valence-corrected chi connectivity index (χ1v) is 6.86. The summed E-state index contributed by atoms with van der Waals surface area (Å²) in [6, 6.07) is 3.44. The van der Waals surface area contributed by atoms with Crippen LogP contribution in [-0.4, -0.2) is 21.1 Å². The van der Waals surface area contributed by atoms with E-state index in [1.807, 2.05) is 19.1 Å². The van der Waals surface area contributed by atoms with Crippen LogP contribution in [0, 0.1) is 0 Å². The van der Waals surface area contributed by atoms with Gasteiger partial charge in [0.15, 0.2) is 0 Å². The average Bonchev–Trinajstić information content (AvgIpc) is 2.49. The van der Waals surface area contributed by atoms with Crippen LogP contribution in [0.5, 0.6) is 0 Å². The summed E-state index contributed by atoms with van der Waals surface area (Å²) in [5.74, 6) is -0.281. The van der Waals surface area contributed by atoms with Crippen molar-refractivity contribution in [1.82, 2.24) is 20.5 Å². The summed E-state index contributed by atoms with van der Waals surface area (Å²) in [6.07, 6.45) is 3.22. The van der Waals surface area contributed by atoms with Crippen LogP contribution >= 0.6 is 23.2 Å². The third-order valence-corrected chi connectivity index (χ3v) is 3.71. The van der Waals surface area contributed by atoms with E-state index < -0.39 is 5.56 Å². The lowest BCUT2D eigenvalue weighted by molar-refractivity contribution is -0.121. The molecule has 21 heavy (non-hydrogen) atoms. The summed E-state index contributed by atoms with van der Waals surface area (Å²) in [7, 11) is 0. The Balaban J connectivity index is 2.06. The second-order valence-corrected chi connectivity index (χ2v) is 5.13. The summed E-state index contributed by atoms with van der Waals surface area (Å²) in [5.41, 5.74) is 0.564. The van der Waals surface area contributed by atoms with E-state index in [4.69, 9.17) is 23.2 Å². The second-order valence-electron chi connectivity index (χ2n) is 4.37. The molecule has 0 saturated carbocycles. The van der Waals surface area contributed by atoms with Crippen molar-refractivity contribution in [1.29, 1.82) is 0 Å². The second kappa shape index (κ2) is 6.69. The van der Waals surface area contributed by atoms with Gasteiger partial charge < -0.3 is 5.32 Å².